The number of hydrogen-bond acceptors (Lipinski definition) is 5. The van der Waals surface area contributed by atoms with E-state index in [0.29, 0.717) is 5.95 Å². The molecule has 0 atom stereocenters. The molecule has 4 nitrogen and oxygen atoms in total. The number of aromatic nitrogens is 2. The van der Waals surface area contributed by atoms with Gasteiger partial charge in [-0.3, -0.25) is 0 Å². The second-order valence-electron chi connectivity index (χ2n) is 3.70. The number of fused-ring (bicyclic) bond motifs is 1. The Kier molecular flexibility index (Phi) is 2.96. The summed E-state index contributed by atoms with van der Waals surface area (Å²) in [6.45, 7) is 5.14. The average Bonchev–Trinajstić information content (AvgIpc) is 2.69. The molecule has 2 aromatic rings. The zero-order valence-electron chi connectivity index (χ0n) is 9.82. The van der Waals surface area contributed by atoms with Crippen molar-refractivity contribution >= 4 is 33.3 Å². The smallest absolute Gasteiger partial charge is 0.223 e. The van der Waals surface area contributed by atoms with E-state index in [1.165, 1.54) is 4.88 Å². The number of nitrogen functional groups attached to an aromatic ring is 1. The second kappa shape index (κ2) is 4.25. The molecule has 2 heterocycles. The van der Waals surface area contributed by atoms with Crippen LogP contribution >= 0.6 is 11.3 Å². The predicted molar refractivity (Wildman–Crippen MR) is 70.1 cm³/mol. The molecular weight excluding hydrogens is 220 g/mol. The summed E-state index contributed by atoms with van der Waals surface area (Å²) in [7, 11) is 2.02. The predicted octanol–water partition coefficient (Wildman–Crippen LogP) is 2.29. The lowest BCUT2D eigenvalue weighted by molar-refractivity contribution is 0.943. The van der Waals surface area contributed by atoms with Crippen LogP contribution in [0.4, 0.5) is 11.8 Å². The molecule has 2 rings (SSSR count). The Morgan fingerprint density at radius 1 is 1.38 bits per heavy atom. The van der Waals surface area contributed by atoms with Crippen molar-refractivity contribution in [3.63, 3.8) is 0 Å². The molecule has 0 amide bonds. The Morgan fingerprint density at radius 3 is 2.75 bits per heavy atom. The molecule has 2 N–H and O–H groups in total. The largest absolute Gasteiger partial charge is 0.368 e. The van der Waals surface area contributed by atoms with Crippen LogP contribution in [0.15, 0.2) is 6.07 Å². The summed E-state index contributed by atoms with van der Waals surface area (Å²) in [6.07, 6.45) is 1.02. The van der Waals surface area contributed by atoms with Crippen LogP contribution < -0.4 is 10.6 Å². The lowest BCUT2D eigenvalue weighted by Crippen LogP contribution is -2.18. The highest BCUT2D eigenvalue weighted by Gasteiger charge is 2.12. The van der Waals surface area contributed by atoms with Crippen molar-refractivity contribution in [2.75, 3.05) is 24.2 Å². The first-order chi connectivity index (χ1) is 7.65. The van der Waals surface area contributed by atoms with Crippen molar-refractivity contribution in [1.29, 1.82) is 0 Å². The van der Waals surface area contributed by atoms with Gasteiger partial charge in [0.25, 0.3) is 0 Å². The molecule has 86 valence electrons. The lowest BCUT2D eigenvalue weighted by Gasteiger charge is -2.16. The van der Waals surface area contributed by atoms with E-state index in [1.807, 2.05) is 7.05 Å². The topological polar surface area (TPSA) is 55.0 Å². The molecule has 0 saturated heterocycles. The highest BCUT2D eigenvalue weighted by molar-refractivity contribution is 7.18. The van der Waals surface area contributed by atoms with Gasteiger partial charge < -0.3 is 10.6 Å². The van der Waals surface area contributed by atoms with Gasteiger partial charge >= 0.3 is 0 Å². The Morgan fingerprint density at radius 2 is 2.12 bits per heavy atom. The van der Waals surface area contributed by atoms with Gasteiger partial charge in [-0.1, -0.05) is 6.92 Å². The third-order valence-electron chi connectivity index (χ3n) is 2.63. The van der Waals surface area contributed by atoms with Gasteiger partial charge in [0, 0.05) is 18.5 Å². The average molecular weight is 236 g/mol. The molecule has 0 unspecified atom stereocenters. The fourth-order valence-corrected chi connectivity index (χ4v) is 2.56. The van der Waals surface area contributed by atoms with Crippen molar-refractivity contribution in [3.8, 4) is 0 Å². The molecule has 0 aliphatic carbocycles. The monoisotopic (exact) mass is 236 g/mol. The van der Waals surface area contributed by atoms with Crippen LogP contribution in [0.3, 0.4) is 0 Å². The number of hydrogen-bond donors (Lipinski definition) is 1. The summed E-state index contributed by atoms with van der Waals surface area (Å²) in [6, 6.07) is 2.17. The number of rotatable bonds is 3. The number of thiophene rings is 1. The van der Waals surface area contributed by atoms with E-state index in [-0.39, 0.29) is 0 Å². The maximum absolute atomic E-state index is 5.73. The molecule has 0 fully saturated rings. The molecule has 5 heteroatoms. The van der Waals surface area contributed by atoms with Gasteiger partial charge in [0.1, 0.15) is 10.6 Å². The molecule has 0 aliphatic heterocycles. The first-order valence-corrected chi connectivity index (χ1v) is 6.24. The molecule has 0 radical (unpaired) electrons. The van der Waals surface area contributed by atoms with E-state index in [2.05, 4.69) is 34.8 Å². The number of aryl methyl sites for hydroxylation is 1. The highest BCUT2D eigenvalue weighted by Crippen LogP contribution is 2.31. The standard InChI is InChI=1S/C11H16N4S/c1-4-7-6-8-9(15(3)5-2)13-11(12)14-10(8)16-7/h6H,4-5H2,1-3H3,(H2,12,13,14). The quantitative estimate of drug-likeness (QED) is 0.888. The summed E-state index contributed by atoms with van der Waals surface area (Å²) >= 11 is 1.70. The Hall–Kier alpha value is -1.36. The first-order valence-electron chi connectivity index (χ1n) is 5.42. The van der Waals surface area contributed by atoms with Crippen molar-refractivity contribution in [3.05, 3.63) is 10.9 Å². The van der Waals surface area contributed by atoms with Crippen molar-refractivity contribution in [2.45, 2.75) is 20.3 Å². The zero-order valence-corrected chi connectivity index (χ0v) is 10.6. The van der Waals surface area contributed by atoms with Crippen LogP contribution in [0.5, 0.6) is 0 Å². The number of nitrogens with zero attached hydrogens (tertiary/aromatic N) is 3. The van der Waals surface area contributed by atoms with Crippen molar-refractivity contribution in [1.82, 2.24) is 9.97 Å². The Labute approximate surface area is 99.1 Å². The summed E-state index contributed by atoms with van der Waals surface area (Å²) in [5.74, 6) is 1.29. The van der Waals surface area contributed by atoms with E-state index in [4.69, 9.17) is 5.73 Å². The normalized spacial score (nSPS) is 10.9. The number of nitrogens with two attached hydrogens (primary N) is 1. The van der Waals surface area contributed by atoms with E-state index in [1.54, 1.807) is 11.3 Å². The van der Waals surface area contributed by atoms with Gasteiger partial charge in [-0.25, -0.2) is 4.98 Å². The maximum Gasteiger partial charge on any atom is 0.223 e. The van der Waals surface area contributed by atoms with Crippen molar-refractivity contribution < 1.29 is 0 Å². The minimum absolute atomic E-state index is 0.354. The van der Waals surface area contributed by atoms with Crippen molar-refractivity contribution in [2.24, 2.45) is 0 Å². The van der Waals surface area contributed by atoms with E-state index in [0.717, 1.165) is 29.0 Å². The van der Waals surface area contributed by atoms with Gasteiger partial charge in [-0.2, -0.15) is 4.98 Å². The third-order valence-corrected chi connectivity index (χ3v) is 3.80. The summed E-state index contributed by atoms with van der Waals surface area (Å²) in [5.41, 5.74) is 5.73. The molecule has 0 spiro atoms. The van der Waals surface area contributed by atoms with Gasteiger partial charge in [0.2, 0.25) is 5.95 Å². The second-order valence-corrected chi connectivity index (χ2v) is 4.82. The van der Waals surface area contributed by atoms with Crippen LogP contribution in [0.2, 0.25) is 0 Å². The molecule has 0 aliphatic rings. The van der Waals surface area contributed by atoms with Gasteiger partial charge in [-0.05, 0) is 19.4 Å². The minimum Gasteiger partial charge on any atom is -0.368 e. The fourth-order valence-electron chi connectivity index (χ4n) is 1.59. The summed E-state index contributed by atoms with van der Waals surface area (Å²) in [5, 5.41) is 1.11. The van der Waals surface area contributed by atoms with Crippen LogP contribution in [0.25, 0.3) is 10.2 Å². The first kappa shape index (κ1) is 11.1. The van der Waals surface area contributed by atoms with Crippen LogP contribution in [-0.4, -0.2) is 23.6 Å². The minimum atomic E-state index is 0.354. The molecule has 16 heavy (non-hydrogen) atoms. The Bertz CT molecular complexity index is 506. The zero-order chi connectivity index (χ0) is 11.7. The number of anilines is 2. The summed E-state index contributed by atoms with van der Waals surface area (Å²) in [4.78, 5) is 13.0. The van der Waals surface area contributed by atoms with Gasteiger partial charge in [0.15, 0.2) is 0 Å². The van der Waals surface area contributed by atoms with Crippen LogP contribution in [0, 0.1) is 0 Å². The van der Waals surface area contributed by atoms with E-state index >= 15 is 0 Å². The van der Waals surface area contributed by atoms with Gasteiger partial charge in [0.05, 0.1) is 5.39 Å². The molecule has 0 saturated carbocycles. The molecule has 0 aromatic carbocycles. The lowest BCUT2D eigenvalue weighted by atomic mass is 10.3. The summed E-state index contributed by atoms with van der Waals surface area (Å²) < 4.78 is 0. The molecular formula is C11H16N4S. The van der Waals surface area contributed by atoms with Crippen LogP contribution in [0.1, 0.15) is 18.7 Å². The van der Waals surface area contributed by atoms with Crippen LogP contribution in [-0.2, 0) is 6.42 Å². The van der Waals surface area contributed by atoms with E-state index < -0.39 is 0 Å². The fraction of sp³-hybridized carbons (Fsp3) is 0.455. The van der Waals surface area contributed by atoms with E-state index in [9.17, 15) is 0 Å². The highest BCUT2D eigenvalue weighted by atomic mass is 32.1. The molecule has 2 aromatic heterocycles. The molecule has 0 bridgehead atoms. The maximum atomic E-state index is 5.73. The third kappa shape index (κ3) is 1.82. The van der Waals surface area contributed by atoms with Gasteiger partial charge in [-0.15, -0.1) is 11.3 Å². The SMILES string of the molecule is CCc1cc2c(N(C)CC)nc(N)nc2s1. The Balaban J connectivity index is 2.65.